The molecule has 0 unspecified atom stereocenters. The van der Waals surface area contributed by atoms with Gasteiger partial charge in [0.25, 0.3) is 5.91 Å². The first-order valence-corrected chi connectivity index (χ1v) is 5.62. The van der Waals surface area contributed by atoms with Crippen LogP contribution in [0.5, 0.6) is 0 Å². The maximum absolute atomic E-state index is 11.9. The smallest absolute Gasteiger partial charge is 0.354 e. The number of amides is 1. The minimum absolute atomic E-state index is 0.179. The second-order valence-electron chi connectivity index (χ2n) is 4.25. The first-order chi connectivity index (χ1) is 8.99. The zero-order chi connectivity index (χ0) is 14.0. The summed E-state index contributed by atoms with van der Waals surface area (Å²) >= 11 is 0. The summed E-state index contributed by atoms with van der Waals surface area (Å²) in [5.74, 6) is -1.29. The van der Waals surface area contributed by atoms with Gasteiger partial charge in [-0.1, -0.05) is 13.8 Å². The molecule has 19 heavy (non-hydrogen) atoms. The van der Waals surface area contributed by atoms with Crippen LogP contribution in [0, 0.1) is 0 Å². The van der Waals surface area contributed by atoms with Crippen molar-refractivity contribution >= 4 is 17.7 Å². The molecule has 8 heteroatoms. The van der Waals surface area contributed by atoms with E-state index >= 15 is 0 Å². The molecule has 8 nitrogen and oxygen atoms in total. The number of aromatic nitrogens is 4. The van der Waals surface area contributed by atoms with Gasteiger partial charge < -0.3 is 15.4 Å². The van der Waals surface area contributed by atoms with E-state index in [1.807, 2.05) is 13.8 Å². The number of anilines is 1. The lowest BCUT2D eigenvalue weighted by Crippen LogP contribution is -2.16. The van der Waals surface area contributed by atoms with E-state index in [2.05, 4.69) is 25.5 Å². The van der Waals surface area contributed by atoms with E-state index in [1.165, 1.54) is 0 Å². The number of hydrogen-bond donors (Lipinski definition) is 4. The molecule has 100 valence electrons. The van der Waals surface area contributed by atoms with Crippen molar-refractivity contribution in [1.29, 1.82) is 0 Å². The van der Waals surface area contributed by atoms with Crippen LogP contribution in [0.15, 0.2) is 12.4 Å². The highest BCUT2D eigenvalue weighted by Gasteiger charge is 2.20. The summed E-state index contributed by atoms with van der Waals surface area (Å²) < 4.78 is 0. The Morgan fingerprint density at radius 3 is 2.74 bits per heavy atom. The van der Waals surface area contributed by atoms with Crippen molar-refractivity contribution in [2.75, 3.05) is 5.32 Å². The molecule has 0 radical (unpaired) electrons. The van der Waals surface area contributed by atoms with Crippen molar-refractivity contribution in [2.45, 2.75) is 19.8 Å². The predicted molar refractivity (Wildman–Crippen MR) is 66.2 cm³/mol. The molecule has 0 aliphatic rings. The largest absolute Gasteiger partial charge is 0.477 e. The number of nitrogens with zero attached hydrogens (tertiary/aromatic N) is 2. The van der Waals surface area contributed by atoms with E-state index in [4.69, 9.17) is 5.11 Å². The van der Waals surface area contributed by atoms with E-state index in [0.717, 1.165) is 12.0 Å². The Morgan fingerprint density at radius 2 is 2.16 bits per heavy atom. The number of carbonyl (C=O) groups is 2. The number of hydrogen-bond acceptors (Lipinski definition) is 4. The van der Waals surface area contributed by atoms with Crippen LogP contribution in [0.1, 0.15) is 46.4 Å². The molecule has 0 aliphatic carbocycles. The molecule has 0 atom stereocenters. The minimum Gasteiger partial charge on any atom is -0.477 e. The lowest BCUT2D eigenvalue weighted by atomic mass is 10.1. The third-order valence-electron chi connectivity index (χ3n) is 2.53. The molecule has 0 saturated heterocycles. The summed E-state index contributed by atoms with van der Waals surface area (Å²) in [5, 5.41) is 18.1. The summed E-state index contributed by atoms with van der Waals surface area (Å²) in [6, 6.07) is 1.69. The molecule has 0 bridgehead atoms. The van der Waals surface area contributed by atoms with Gasteiger partial charge in [0.15, 0.2) is 17.2 Å². The highest BCUT2D eigenvalue weighted by Crippen LogP contribution is 2.15. The zero-order valence-corrected chi connectivity index (χ0v) is 10.4. The molecule has 0 saturated carbocycles. The van der Waals surface area contributed by atoms with Crippen LogP contribution in [0.25, 0.3) is 0 Å². The van der Waals surface area contributed by atoms with Crippen LogP contribution in [-0.4, -0.2) is 37.1 Å². The fourth-order valence-electron chi connectivity index (χ4n) is 1.50. The Balaban J connectivity index is 2.16. The second kappa shape index (κ2) is 4.92. The van der Waals surface area contributed by atoms with Crippen LogP contribution >= 0.6 is 0 Å². The lowest BCUT2D eigenvalue weighted by molar-refractivity contribution is 0.0686. The van der Waals surface area contributed by atoms with Crippen molar-refractivity contribution < 1.29 is 14.7 Å². The van der Waals surface area contributed by atoms with E-state index < -0.39 is 11.9 Å². The van der Waals surface area contributed by atoms with Crippen LogP contribution in [-0.2, 0) is 0 Å². The fourth-order valence-corrected chi connectivity index (χ4v) is 1.50. The third-order valence-corrected chi connectivity index (χ3v) is 2.53. The third kappa shape index (κ3) is 2.62. The average molecular weight is 263 g/mol. The van der Waals surface area contributed by atoms with Crippen LogP contribution in [0.4, 0.5) is 5.82 Å². The molecule has 2 rings (SSSR count). The Hall–Kier alpha value is -2.64. The Kier molecular flexibility index (Phi) is 3.32. The zero-order valence-electron chi connectivity index (χ0n) is 10.4. The number of rotatable bonds is 4. The van der Waals surface area contributed by atoms with Crippen LogP contribution in [0.2, 0.25) is 0 Å². The number of carboxylic acids is 1. The van der Waals surface area contributed by atoms with E-state index in [0.29, 0.717) is 5.82 Å². The first-order valence-electron chi connectivity index (χ1n) is 5.62. The number of imidazole rings is 1. The van der Waals surface area contributed by atoms with Crippen LogP contribution < -0.4 is 5.32 Å². The SMILES string of the molecule is CC(C)c1cc(NC(=O)c2nc[nH]c2C(=O)O)n[nH]1. The van der Waals surface area contributed by atoms with Crippen molar-refractivity contribution in [3.8, 4) is 0 Å². The number of aromatic amines is 2. The van der Waals surface area contributed by atoms with Gasteiger partial charge in [0.1, 0.15) is 0 Å². The first kappa shape index (κ1) is 12.8. The molecule has 0 fully saturated rings. The maximum Gasteiger partial charge on any atom is 0.354 e. The molecule has 2 aromatic rings. The maximum atomic E-state index is 11.9. The van der Waals surface area contributed by atoms with Gasteiger partial charge in [-0.15, -0.1) is 0 Å². The molecule has 1 amide bonds. The normalized spacial score (nSPS) is 10.7. The highest BCUT2D eigenvalue weighted by atomic mass is 16.4. The second-order valence-corrected chi connectivity index (χ2v) is 4.25. The van der Waals surface area contributed by atoms with Gasteiger partial charge in [0.2, 0.25) is 0 Å². The number of H-pyrrole nitrogens is 2. The van der Waals surface area contributed by atoms with Crippen molar-refractivity contribution in [3.05, 3.63) is 29.5 Å². The Labute approximate surface area is 108 Å². The van der Waals surface area contributed by atoms with Crippen molar-refractivity contribution in [1.82, 2.24) is 20.2 Å². The number of carboxylic acid groups (broad SMARTS) is 1. The fraction of sp³-hybridized carbons (Fsp3) is 0.273. The van der Waals surface area contributed by atoms with Gasteiger partial charge >= 0.3 is 5.97 Å². The molecule has 0 aromatic carbocycles. The summed E-state index contributed by atoms with van der Waals surface area (Å²) in [7, 11) is 0. The van der Waals surface area contributed by atoms with Gasteiger partial charge in [-0.2, -0.15) is 5.10 Å². The van der Waals surface area contributed by atoms with Gasteiger partial charge in [-0.25, -0.2) is 9.78 Å². The molecule has 2 aromatic heterocycles. The van der Waals surface area contributed by atoms with E-state index in [1.54, 1.807) is 6.07 Å². The molecule has 4 N–H and O–H groups in total. The number of aromatic carboxylic acids is 1. The summed E-state index contributed by atoms with van der Waals surface area (Å²) in [6.45, 7) is 3.96. The Morgan fingerprint density at radius 1 is 1.42 bits per heavy atom. The molecule has 2 heterocycles. The monoisotopic (exact) mass is 263 g/mol. The number of nitrogens with one attached hydrogen (secondary N) is 3. The minimum atomic E-state index is -1.24. The van der Waals surface area contributed by atoms with Crippen molar-refractivity contribution in [2.24, 2.45) is 0 Å². The molecular weight excluding hydrogens is 250 g/mol. The van der Waals surface area contributed by atoms with E-state index in [9.17, 15) is 9.59 Å². The van der Waals surface area contributed by atoms with E-state index in [-0.39, 0.29) is 17.3 Å². The standard InChI is InChI=1S/C11H13N5O3/c1-5(2)6-3-7(16-15-6)14-10(17)8-9(11(18)19)13-4-12-8/h3-5H,1-2H3,(H,12,13)(H,18,19)(H2,14,15,16,17). The van der Waals surface area contributed by atoms with Crippen molar-refractivity contribution in [3.63, 3.8) is 0 Å². The summed E-state index contributed by atoms with van der Waals surface area (Å²) in [4.78, 5) is 28.8. The van der Waals surface area contributed by atoms with Gasteiger partial charge in [0.05, 0.1) is 6.33 Å². The molecular formula is C11H13N5O3. The van der Waals surface area contributed by atoms with Crippen LogP contribution in [0.3, 0.4) is 0 Å². The predicted octanol–water partition coefficient (Wildman–Crippen LogP) is 1.21. The Bertz CT molecular complexity index is 613. The van der Waals surface area contributed by atoms with Gasteiger partial charge in [-0.05, 0) is 5.92 Å². The van der Waals surface area contributed by atoms with Gasteiger partial charge in [0, 0.05) is 11.8 Å². The lowest BCUT2D eigenvalue weighted by Gasteiger charge is -1.99. The number of carbonyl (C=O) groups excluding carboxylic acids is 1. The van der Waals surface area contributed by atoms with Gasteiger partial charge in [-0.3, -0.25) is 9.89 Å². The average Bonchev–Trinajstić information content (AvgIpc) is 2.96. The highest BCUT2D eigenvalue weighted by molar-refractivity contribution is 6.08. The topological polar surface area (TPSA) is 124 Å². The molecule has 0 aliphatic heterocycles. The quantitative estimate of drug-likeness (QED) is 0.660. The summed E-state index contributed by atoms with van der Waals surface area (Å²) in [5.41, 5.74) is 0.439. The summed E-state index contributed by atoms with van der Waals surface area (Å²) in [6.07, 6.45) is 1.16. The molecule has 0 spiro atoms.